The Kier molecular flexibility index (Phi) is 12.1. The van der Waals surface area contributed by atoms with Gasteiger partial charge >= 0.3 is 6.09 Å². The number of amides is 3. The van der Waals surface area contributed by atoms with Crippen molar-refractivity contribution < 1.29 is 29.0 Å². The number of thioether (sulfide) groups is 2. The van der Waals surface area contributed by atoms with Gasteiger partial charge in [-0.1, -0.05) is 43.5 Å². The van der Waals surface area contributed by atoms with E-state index in [1.807, 2.05) is 36.0 Å². The molecular formula is C31H41N3O6S2. The van der Waals surface area contributed by atoms with E-state index in [0.717, 1.165) is 17.1 Å². The van der Waals surface area contributed by atoms with Crippen LogP contribution in [-0.2, 0) is 16.0 Å². The first-order valence-electron chi connectivity index (χ1n) is 14.4. The van der Waals surface area contributed by atoms with E-state index in [1.54, 1.807) is 25.3 Å². The second kappa shape index (κ2) is 16.0. The number of carbonyl (C=O) groups is 3. The van der Waals surface area contributed by atoms with E-state index in [9.17, 15) is 19.5 Å². The topological polar surface area (TPSA) is 117 Å². The van der Waals surface area contributed by atoms with Crippen molar-refractivity contribution in [1.29, 1.82) is 0 Å². The van der Waals surface area contributed by atoms with Crippen LogP contribution in [0.1, 0.15) is 48.0 Å². The zero-order valence-corrected chi connectivity index (χ0v) is 25.9. The summed E-state index contributed by atoms with van der Waals surface area (Å²) < 4.78 is 10.2. The van der Waals surface area contributed by atoms with Gasteiger partial charge in [0.2, 0.25) is 5.91 Å². The first-order valence-corrected chi connectivity index (χ1v) is 16.6. The molecule has 3 N–H and O–H groups in total. The molecule has 0 bridgehead atoms. The average molecular weight is 616 g/mol. The largest absolute Gasteiger partial charge is 0.507 e. The molecule has 0 radical (unpaired) electrons. The summed E-state index contributed by atoms with van der Waals surface area (Å²) in [5, 5.41) is 16.3. The summed E-state index contributed by atoms with van der Waals surface area (Å²) in [4.78, 5) is 40.5. The molecular weight excluding hydrogens is 574 g/mol. The summed E-state index contributed by atoms with van der Waals surface area (Å²) >= 11 is 3.33. The summed E-state index contributed by atoms with van der Waals surface area (Å²) in [5.74, 6) is 2.41. The zero-order chi connectivity index (χ0) is 29.9. The van der Waals surface area contributed by atoms with E-state index in [0.29, 0.717) is 24.0 Å². The van der Waals surface area contributed by atoms with Crippen molar-refractivity contribution in [1.82, 2.24) is 15.5 Å². The van der Waals surface area contributed by atoms with Crippen molar-refractivity contribution in [3.8, 4) is 11.5 Å². The third-order valence-electron chi connectivity index (χ3n) is 7.87. The van der Waals surface area contributed by atoms with E-state index in [2.05, 4.69) is 10.6 Å². The van der Waals surface area contributed by atoms with Crippen LogP contribution < -0.4 is 15.4 Å². The van der Waals surface area contributed by atoms with E-state index in [-0.39, 0.29) is 29.0 Å². The molecule has 3 atom stereocenters. The van der Waals surface area contributed by atoms with Crippen LogP contribution in [0.2, 0.25) is 0 Å². The van der Waals surface area contributed by atoms with E-state index in [1.165, 1.54) is 61.9 Å². The van der Waals surface area contributed by atoms with E-state index >= 15 is 0 Å². The highest BCUT2D eigenvalue weighted by atomic mass is 32.2. The molecule has 2 aromatic rings. The Morgan fingerprint density at radius 3 is 2.50 bits per heavy atom. The number of rotatable bonds is 12. The molecule has 1 aliphatic carbocycles. The minimum Gasteiger partial charge on any atom is -0.507 e. The molecule has 4 rings (SSSR count). The highest BCUT2D eigenvalue weighted by molar-refractivity contribution is 8.00. The van der Waals surface area contributed by atoms with Gasteiger partial charge in [0.05, 0.1) is 31.7 Å². The number of carbonyl (C=O) groups excluding carboxylic acids is 3. The first-order chi connectivity index (χ1) is 20.4. The van der Waals surface area contributed by atoms with Crippen molar-refractivity contribution in [2.75, 3.05) is 38.1 Å². The Morgan fingerprint density at radius 2 is 1.81 bits per heavy atom. The highest BCUT2D eigenvalue weighted by Gasteiger charge is 2.37. The van der Waals surface area contributed by atoms with Gasteiger partial charge in [-0.15, -0.1) is 11.8 Å². The third kappa shape index (κ3) is 8.73. The van der Waals surface area contributed by atoms with Gasteiger partial charge in [-0.05, 0) is 60.8 Å². The number of aromatic hydroxyl groups is 1. The van der Waals surface area contributed by atoms with E-state index < -0.39 is 24.1 Å². The second-order valence-corrected chi connectivity index (χ2v) is 13.0. The minimum atomic E-state index is -0.663. The fraction of sp³-hybridized carbons (Fsp3) is 0.516. The second-order valence-electron chi connectivity index (χ2n) is 10.7. The van der Waals surface area contributed by atoms with Crippen LogP contribution in [0.25, 0.3) is 0 Å². The predicted octanol–water partition coefficient (Wildman–Crippen LogP) is 4.68. The number of para-hydroxylation sites is 1. The normalized spacial score (nSPS) is 18.6. The molecule has 2 fully saturated rings. The van der Waals surface area contributed by atoms with Crippen LogP contribution in [0.5, 0.6) is 11.5 Å². The lowest BCUT2D eigenvalue weighted by Gasteiger charge is -2.32. The average Bonchev–Trinajstić information content (AvgIpc) is 3.52. The van der Waals surface area contributed by atoms with Crippen LogP contribution in [0.15, 0.2) is 48.5 Å². The van der Waals surface area contributed by atoms with Crippen LogP contribution >= 0.6 is 23.5 Å². The predicted molar refractivity (Wildman–Crippen MR) is 167 cm³/mol. The van der Waals surface area contributed by atoms with Gasteiger partial charge in [-0.2, -0.15) is 11.8 Å². The molecule has 1 heterocycles. The van der Waals surface area contributed by atoms with Gasteiger partial charge in [-0.3, -0.25) is 14.5 Å². The maximum Gasteiger partial charge on any atom is 0.410 e. The van der Waals surface area contributed by atoms with E-state index in [4.69, 9.17) is 9.47 Å². The van der Waals surface area contributed by atoms with Gasteiger partial charge < -0.3 is 25.2 Å². The smallest absolute Gasteiger partial charge is 0.410 e. The number of hydrogen-bond acceptors (Lipinski definition) is 8. The Bertz CT molecular complexity index is 1190. The third-order valence-corrected chi connectivity index (χ3v) is 10.5. The first kappa shape index (κ1) is 31.9. The van der Waals surface area contributed by atoms with Crippen LogP contribution in [-0.4, -0.2) is 83.4 Å². The van der Waals surface area contributed by atoms with Gasteiger partial charge in [-0.25, -0.2) is 4.79 Å². The highest BCUT2D eigenvalue weighted by Crippen LogP contribution is 2.31. The SMILES string of the molecule is COC(=O)N1CSC[C@H]1C(=O)NC(CNC(=O)c1ccccc1O)C(Cc1ccc(OC)cc1)SCC1CCCCC1. The Morgan fingerprint density at radius 1 is 1.07 bits per heavy atom. The molecule has 11 heteroatoms. The van der Waals surface area contributed by atoms with Crippen LogP contribution in [0.3, 0.4) is 0 Å². The lowest BCUT2D eigenvalue weighted by molar-refractivity contribution is -0.125. The number of nitrogens with zero attached hydrogens (tertiary/aromatic N) is 1. The Labute approximate surface area is 256 Å². The lowest BCUT2D eigenvalue weighted by atomic mass is 9.91. The molecule has 0 spiro atoms. The summed E-state index contributed by atoms with van der Waals surface area (Å²) in [6, 6.07) is 13.2. The van der Waals surface area contributed by atoms with Crippen molar-refractivity contribution in [3.05, 3.63) is 59.7 Å². The number of benzene rings is 2. The monoisotopic (exact) mass is 615 g/mol. The molecule has 2 aliphatic rings. The lowest BCUT2D eigenvalue weighted by Crippen LogP contribution is -2.55. The maximum absolute atomic E-state index is 13.6. The van der Waals surface area contributed by atoms with Crippen molar-refractivity contribution in [2.45, 2.75) is 55.9 Å². The number of ether oxygens (including phenoxy) is 2. The standard InChI is InChI=1S/C31H41N3O6S2/c1-39-23-14-12-21(13-15-23)16-28(42-18-22-8-4-3-5-9-22)25(17-32-29(36)24-10-6-7-11-27(24)35)33-30(37)26-19-41-20-34(26)31(38)40-2/h6-7,10-15,22,25-26,28,35H,3-5,8-9,16-20H2,1-2H3,(H,32,36)(H,33,37)/t25?,26-,28?/m0/s1. The molecule has 0 aromatic heterocycles. The van der Waals surface area contributed by atoms with Crippen molar-refractivity contribution in [3.63, 3.8) is 0 Å². The number of methoxy groups -OCH3 is 2. The summed E-state index contributed by atoms with van der Waals surface area (Å²) in [5.41, 5.74) is 1.27. The quantitative estimate of drug-likeness (QED) is 0.315. The minimum absolute atomic E-state index is 0.0606. The molecule has 2 unspecified atom stereocenters. The Balaban J connectivity index is 1.57. The Hall–Kier alpha value is -3.05. The van der Waals surface area contributed by atoms with Crippen molar-refractivity contribution >= 4 is 41.4 Å². The summed E-state index contributed by atoms with van der Waals surface area (Å²) in [7, 11) is 2.94. The van der Waals surface area contributed by atoms with Gasteiger partial charge in [0.15, 0.2) is 0 Å². The fourth-order valence-corrected chi connectivity index (χ4v) is 8.10. The maximum atomic E-state index is 13.6. The fourth-order valence-electron chi connectivity index (χ4n) is 5.40. The van der Waals surface area contributed by atoms with Gasteiger partial charge in [0, 0.05) is 17.5 Å². The number of nitrogens with one attached hydrogen (secondary N) is 2. The van der Waals surface area contributed by atoms with Crippen LogP contribution in [0, 0.1) is 5.92 Å². The summed E-state index contributed by atoms with van der Waals surface area (Å²) in [6.45, 7) is 0.162. The van der Waals surface area contributed by atoms with Crippen molar-refractivity contribution in [2.24, 2.45) is 5.92 Å². The molecule has 9 nitrogen and oxygen atoms in total. The molecule has 1 saturated carbocycles. The number of hydrogen-bond donors (Lipinski definition) is 3. The van der Waals surface area contributed by atoms with Gasteiger partial charge in [0.25, 0.3) is 5.91 Å². The zero-order valence-electron chi connectivity index (χ0n) is 24.3. The summed E-state index contributed by atoms with van der Waals surface area (Å²) in [6.07, 6.45) is 6.31. The van der Waals surface area contributed by atoms with Crippen LogP contribution in [0.4, 0.5) is 4.79 Å². The number of phenols is 1. The molecule has 3 amide bonds. The number of phenolic OH excluding ortho intramolecular Hbond substituents is 1. The van der Waals surface area contributed by atoms with Gasteiger partial charge in [0.1, 0.15) is 17.5 Å². The molecule has 1 aliphatic heterocycles. The molecule has 2 aromatic carbocycles. The molecule has 228 valence electrons. The molecule has 42 heavy (non-hydrogen) atoms. The molecule has 1 saturated heterocycles.